The van der Waals surface area contributed by atoms with Crippen LogP contribution in [0.15, 0.2) is 30.3 Å². The van der Waals surface area contributed by atoms with Crippen molar-refractivity contribution in [2.45, 2.75) is 26.9 Å². The van der Waals surface area contributed by atoms with Gasteiger partial charge in [-0.3, -0.25) is 9.59 Å². The third-order valence-corrected chi connectivity index (χ3v) is 4.27. The Bertz CT molecular complexity index is 929. The van der Waals surface area contributed by atoms with Crippen LogP contribution in [0.4, 0.5) is 5.69 Å². The van der Waals surface area contributed by atoms with Crippen LogP contribution < -0.4 is 10.1 Å². The lowest BCUT2D eigenvalue weighted by Gasteiger charge is -2.13. The van der Waals surface area contributed by atoms with Gasteiger partial charge in [-0.1, -0.05) is 37.0 Å². The number of anilines is 1. The predicted molar refractivity (Wildman–Crippen MR) is 107 cm³/mol. The standard InChI is InChI=1S/C20H18Cl2N2O4/c1-11(2)20(27)24-15-4-13(9-23)3-14(5-15)10-28-19-16(21)6-12(7-17(19)22)8-18(25)26/h3-7,11H,8,10H2,1-2H3,(H,24,27)(H,25,26). The second-order valence-electron chi connectivity index (χ2n) is 6.42. The van der Waals surface area contributed by atoms with Crippen LogP contribution in [0.1, 0.15) is 30.5 Å². The molecule has 0 aliphatic carbocycles. The molecule has 2 aromatic rings. The number of ether oxygens (including phenoxy) is 1. The molecule has 0 saturated heterocycles. The second-order valence-corrected chi connectivity index (χ2v) is 7.24. The van der Waals surface area contributed by atoms with E-state index in [2.05, 4.69) is 5.32 Å². The van der Waals surface area contributed by atoms with Gasteiger partial charge in [0.1, 0.15) is 6.61 Å². The van der Waals surface area contributed by atoms with Crippen molar-refractivity contribution in [3.8, 4) is 11.8 Å². The summed E-state index contributed by atoms with van der Waals surface area (Å²) in [4.78, 5) is 22.7. The minimum atomic E-state index is -0.995. The fourth-order valence-corrected chi connectivity index (χ4v) is 3.02. The van der Waals surface area contributed by atoms with Crippen LogP contribution in [0, 0.1) is 17.2 Å². The Morgan fingerprint density at radius 3 is 2.32 bits per heavy atom. The van der Waals surface area contributed by atoms with Gasteiger partial charge in [0, 0.05) is 11.6 Å². The molecule has 2 aromatic carbocycles. The molecule has 0 aromatic heterocycles. The number of carboxylic acids is 1. The van der Waals surface area contributed by atoms with Gasteiger partial charge < -0.3 is 15.2 Å². The number of carbonyl (C=O) groups is 2. The third-order valence-electron chi connectivity index (χ3n) is 3.71. The van der Waals surface area contributed by atoms with Crippen molar-refractivity contribution in [2.75, 3.05) is 5.32 Å². The maximum Gasteiger partial charge on any atom is 0.307 e. The monoisotopic (exact) mass is 420 g/mol. The molecule has 28 heavy (non-hydrogen) atoms. The summed E-state index contributed by atoms with van der Waals surface area (Å²) in [5.74, 6) is -1.15. The summed E-state index contributed by atoms with van der Waals surface area (Å²) in [6, 6.07) is 9.91. The van der Waals surface area contributed by atoms with Gasteiger partial charge in [0.25, 0.3) is 0 Å². The van der Waals surface area contributed by atoms with Gasteiger partial charge >= 0.3 is 5.97 Å². The van der Waals surface area contributed by atoms with E-state index in [1.807, 2.05) is 6.07 Å². The zero-order valence-corrected chi connectivity index (χ0v) is 16.8. The molecule has 0 spiro atoms. The molecular weight excluding hydrogens is 403 g/mol. The van der Waals surface area contributed by atoms with E-state index in [1.165, 1.54) is 12.1 Å². The molecular formula is C20H18Cl2N2O4. The summed E-state index contributed by atoms with van der Waals surface area (Å²) in [5, 5.41) is 21.2. The first-order valence-electron chi connectivity index (χ1n) is 8.37. The van der Waals surface area contributed by atoms with E-state index in [1.54, 1.807) is 32.0 Å². The average Bonchev–Trinajstić information content (AvgIpc) is 2.60. The van der Waals surface area contributed by atoms with Crippen molar-refractivity contribution in [1.82, 2.24) is 0 Å². The zero-order valence-electron chi connectivity index (χ0n) is 15.3. The van der Waals surface area contributed by atoms with Gasteiger partial charge in [-0.05, 0) is 41.5 Å². The first kappa shape index (κ1) is 21.5. The van der Waals surface area contributed by atoms with Gasteiger partial charge in [0.15, 0.2) is 5.75 Å². The SMILES string of the molecule is CC(C)C(=O)Nc1cc(C#N)cc(COc2c(Cl)cc(CC(=O)O)cc2Cl)c1. The van der Waals surface area contributed by atoms with Crippen molar-refractivity contribution in [1.29, 1.82) is 5.26 Å². The Labute approximate surface area is 172 Å². The summed E-state index contributed by atoms with van der Waals surface area (Å²) >= 11 is 12.3. The summed E-state index contributed by atoms with van der Waals surface area (Å²) in [7, 11) is 0. The lowest BCUT2D eigenvalue weighted by atomic mass is 10.1. The van der Waals surface area contributed by atoms with E-state index >= 15 is 0 Å². The van der Waals surface area contributed by atoms with Gasteiger partial charge in [-0.2, -0.15) is 5.26 Å². The molecule has 8 heteroatoms. The van der Waals surface area contributed by atoms with Crippen LogP contribution in [-0.4, -0.2) is 17.0 Å². The fourth-order valence-electron chi connectivity index (χ4n) is 2.38. The minimum Gasteiger partial charge on any atom is -0.486 e. The highest BCUT2D eigenvalue weighted by Gasteiger charge is 2.13. The topological polar surface area (TPSA) is 99.4 Å². The Kier molecular flexibility index (Phi) is 7.27. The molecule has 1 amide bonds. The lowest BCUT2D eigenvalue weighted by molar-refractivity contribution is -0.136. The van der Waals surface area contributed by atoms with Crippen molar-refractivity contribution in [3.63, 3.8) is 0 Å². The van der Waals surface area contributed by atoms with Gasteiger partial charge in [-0.15, -0.1) is 0 Å². The smallest absolute Gasteiger partial charge is 0.307 e. The Morgan fingerprint density at radius 1 is 1.14 bits per heavy atom. The third kappa shape index (κ3) is 5.88. The number of aliphatic carboxylic acids is 1. The number of rotatable bonds is 7. The summed E-state index contributed by atoms with van der Waals surface area (Å²) in [6.07, 6.45) is -0.206. The Morgan fingerprint density at radius 2 is 1.79 bits per heavy atom. The molecule has 146 valence electrons. The van der Waals surface area contributed by atoms with E-state index in [4.69, 9.17) is 33.0 Å². The molecule has 0 aliphatic rings. The molecule has 0 aliphatic heterocycles. The highest BCUT2D eigenvalue weighted by atomic mass is 35.5. The molecule has 2 rings (SSSR count). The lowest BCUT2D eigenvalue weighted by Crippen LogP contribution is -2.18. The van der Waals surface area contributed by atoms with E-state index in [0.29, 0.717) is 22.4 Å². The quantitative estimate of drug-likeness (QED) is 0.677. The number of hydrogen-bond donors (Lipinski definition) is 2. The largest absolute Gasteiger partial charge is 0.486 e. The van der Waals surface area contributed by atoms with Crippen LogP contribution in [0.25, 0.3) is 0 Å². The van der Waals surface area contributed by atoms with Crippen molar-refractivity contribution >= 4 is 40.8 Å². The molecule has 2 N–H and O–H groups in total. The Hall–Kier alpha value is -2.75. The van der Waals surface area contributed by atoms with Crippen LogP contribution >= 0.6 is 23.2 Å². The van der Waals surface area contributed by atoms with E-state index in [0.717, 1.165) is 0 Å². The highest BCUT2D eigenvalue weighted by molar-refractivity contribution is 6.37. The highest BCUT2D eigenvalue weighted by Crippen LogP contribution is 2.35. The van der Waals surface area contributed by atoms with Crippen molar-refractivity contribution < 1.29 is 19.4 Å². The number of halogens is 2. The van der Waals surface area contributed by atoms with Crippen LogP contribution in [0.5, 0.6) is 5.75 Å². The number of nitrogens with one attached hydrogen (secondary N) is 1. The molecule has 0 saturated carbocycles. The number of carboxylic acid groups (broad SMARTS) is 1. The molecule has 0 unspecified atom stereocenters. The van der Waals surface area contributed by atoms with Crippen LogP contribution in [-0.2, 0) is 22.6 Å². The maximum absolute atomic E-state index is 11.9. The van der Waals surface area contributed by atoms with E-state index in [-0.39, 0.29) is 40.6 Å². The zero-order chi connectivity index (χ0) is 20.8. The van der Waals surface area contributed by atoms with E-state index < -0.39 is 5.97 Å². The second kappa shape index (κ2) is 9.45. The molecule has 6 nitrogen and oxygen atoms in total. The summed E-state index contributed by atoms with van der Waals surface area (Å²) in [5.41, 5.74) is 1.96. The van der Waals surface area contributed by atoms with Crippen LogP contribution in [0.2, 0.25) is 10.0 Å². The van der Waals surface area contributed by atoms with E-state index in [9.17, 15) is 14.9 Å². The van der Waals surface area contributed by atoms with Gasteiger partial charge in [0.05, 0.1) is 28.1 Å². The number of carbonyl (C=O) groups excluding carboxylic acids is 1. The van der Waals surface area contributed by atoms with Gasteiger partial charge in [0.2, 0.25) is 5.91 Å². The molecule has 0 bridgehead atoms. The van der Waals surface area contributed by atoms with Gasteiger partial charge in [-0.25, -0.2) is 0 Å². The minimum absolute atomic E-state index is 0.0534. The molecule has 0 radical (unpaired) electrons. The number of amides is 1. The molecule has 0 atom stereocenters. The normalized spacial score (nSPS) is 10.4. The Balaban J connectivity index is 2.21. The average molecular weight is 421 g/mol. The first-order chi connectivity index (χ1) is 13.2. The maximum atomic E-state index is 11.9. The molecule has 0 fully saturated rings. The first-order valence-corrected chi connectivity index (χ1v) is 9.12. The number of hydrogen-bond acceptors (Lipinski definition) is 4. The van der Waals surface area contributed by atoms with Crippen molar-refractivity contribution in [2.24, 2.45) is 5.92 Å². The summed E-state index contributed by atoms with van der Waals surface area (Å²) < 4.78 is 5.69. The number of nitriles is 1. The summed E-state index contributed by atoms with van der Waals surface area (Å²) in [6.45, 7) is 3.59. The predicted octanol–water partition coefficient (Wildman–Crippen LogP) is 4.67. The fraction of sp³-hybridized carbons (Fsp3) is 0.250. The van der Waals surface area contributed by atoms with Crippen LogP contribution in [0.3, 0.4) is 0 Å². The molecule has 0 heterocycles. The van der Waals surface area contributed by atoms with Crippen molar-refractivity contribution in [3.05, 3.63) is 57.1 Å². The number of nitrogens with zero attached hydrogens (tertiary/aromatic N) is 1. The number of benzene rings is 2.